The Balaban J connectivity index is 2.29. The summed E-state index contributed by atoms with van der Waals surface area (Å²) in [4.78, 5) is 31.0. The highest BCUT2D eigenvalue weighted by Crippen LogP contribution is 2.18. The summed E-state index contributed by atoms with van der Waals surface area (Å²) in [5, 5.41) is 0. The van der Waals surface area contributed by atoms with Crippen LogP contribution in [0, 0.1) is 11.6 Å². The van der Waals surface area contributed by atoms with Gasteiger partial charge in [0.2, 0.25) is 5.91 Å². The number of hydrogen-bond acceptors (Lipinski definition) is 3. The van der Waals surface area contributed by atoms with E-state index in [-0.39, 0.29) is 11.5 Å². The summed E-state index contributed by atoms with van der Waals surface area (Å²) in [6.45, 7) is 9.17. The quantitative estimate of drug-likeness (QED) is 0.813. The average Bonchev–Trinajstić information content (AvgIpc) is 2.63. The van der Waals surface area contributed by atoms with Gasteiger partial charge in [0, 0.05) is 38.3 Å². The number of halogens is 2. The van der Waals surface area contributed by atoms with E-state index >= 15 is 0 Å². The maximum absolute atomic E-state index is 13.5. The minimum absolute atomic E-state index is 0.0567. The maximum atomic E-state index is 13.5. The summed E-state index contributed by atoms with van der Waals surface area (Å²) in [5.41, 5.74) is 0.0567. The normalized spacial score (nSPS) is 18.3. The molecule has 0 radical (unpaired) electrons. The van der Waals surface area contributed by atoms with Crippen molar-refractivity contribution in [3.8, 4) is 0 Å². The van der Waals surface area contributed by atoms with Crippen LogP contribution >= 0.6 is 0 Å². The number of nitrogens with zero attached hydrogens (tertiary/aromatic N) is 3. The van der Waals surface area contributed by atoms with Crippen LogP contribution in [0.15, 0.2) is 18.2 Å². The number of carbonyl (C=O) groups is 2. The molecule has 1 aromatic rings. The molecule has 0 aromatic heterocycles. The number of amides is 2. The van der Waals surface area contributed by atoms with Crippen molar-refractivity contribution >= 4 is 11.8 Å². The lowest BCUT2D eigenvalue weighted by Gasteiger charge is -2.41. The van der Waals surface area contributed by atoms with Gasteiger partial charge in [-0.05, 0) is 38.6 Å². The van der Waals surface area contributed by atoms with Gasteiger partial charge in [0.1, 0.15) is 6.04 Å². The van der Waals surface area contributed by atoms with Crippen LogP contribution in [0.25, 0.3) is 0 Å². The molecule has 0 N–H and O–H groups in total. The summed E-state index contributed by atoms with van der Waals surface area (Å²) < 4.78 is 26.6. The zero-order valence-corrected chi connectivity index (χ0v) is 15.0. The van der Waals surface area contributed by atoms with E-state index in [9.17, 15) is 18.4 Å². The van der Waals surface area contributed by atoms with Crippen LogP contribution in [0.3, 0.4) is 0 Å². The van der Waals surface area contributed by atoms with E-state index in [0.717, 1.165) is 18.7 Å². The van der Waals surface area contributed by atoms with Crippen molar-refractivity contribution in [1.29, 1.82) is 0 Å². The Labute approximate surface area is 147 Å². The number of piperazine rings is 1. The highest BCUT2D eigenvalue weighted by Gasteiger charge is 2.37. The van der Waals surface area contributed by atoms with E-state index in [4.69, 9.17) is 0 Å². The molecule has 0 spiro atoms. The molecule has 7 heteroatoms. The number of rotatable bonds is 5. The molecular weight excluding hydrogens is 328 g/mol. The molecule has 1 heterocycles. The molecule has 0 bridgehead atoms. The molecule has 0 saturated carbocycles. The number of likely N-dealkylation sites (N-methyl/N-ethyl adjacent to an activating group) is 2. The fourth-order valence-electron chi connectivity index (χ4n) is 3.12. The van der Waals surface area contributed by atoms with E-state index in [0.29, 0.717) is 32.7 Å². The molecule has 1 aliphatic rings. The molecule has 1 fully saturated rings. The number of benzene rings is 1. The second-order valence-corrected chi connectivity index (χ2v) is 6.05. The Morgan fingerprint density at radius 1 is 1.12 bits per heavy atom. The smallest absolute Gasteiger partial charge is 0.254 e. The minimum atomic E-state index is -1.07. The van der Waals surface area contributed by atoms with Gasteiger partial charge in [0.15, 0.2) is 11.6 Å². The van der Waals surface area contributed by atoms with E-state index < -0.39 is 23.6 Å². The highest BCUT2D eigenvalue weighted by molar-refractivity contribution is 5.97. The Morgan fingerprint density at radius 3 is 2.36 bits per heavy atom. The van der Waals surface area contributed by atoms with Crippen molar-refractivity contribution in [3.05, 3.63) is 35.4 Å². The van der Waals surface area contributed by atoms with Gasteiger partial charge >= 0.3 is 0 Å². The van der Waals surface area contributed by atoms with E-state index in [1.54, 1.807) is 4.90 Å². The van der Waals surface area contributed by atoms with Crippen LogP contribution in [0.1, 0.15) is 31.1 Å². The first-order chi connectivity index (χ1) is 11.9. The predicted octanol–water partition coefficient (Wildman–Crippen LogP) is 1.98. The lowest BCUT2D eigenvalue weighted by molar-refractivity contribution is -0.137. The topological polar surface area (TPSA) is 43.9 Å². The average molecular weight is 353 g/mol. The SMILES string of the molecule is CCN1CCN(C(=O)c2ccc(F)c(F)c2)C(C(=O)N(CC)CC)C1. The molecule has 1 atom stereocenters. The maximum Gasteiger partial charge on any atom is 0.254 e. The zero-order chi connectivity index (χ0) is 18.6. The first-order valence-corrected chi connectivity index (χ1v) is 8.70. The van der Waals surface area contributed by atoms with Crippen molar-refractivity contribution in [2.24, 2.45) is 0 Å². The summed E-state index contributed by atoms with van der Waals surface area (Å²) >= 11 is 0. The van der Waals surface area contributed by atoms with Crippen LogP contribution < -0.4 is 0 Å². The van der Waals surface area contributed by atoms with Gasteiger partial charge in [-0.15, -0.1) is 0 Å². The molecule has 2 rings (SSSR count). The predicted molar refractivity (Wildman–Crippen MR) is 91.2 cm³/mol. The Morgan fingerprint density at radius 2 is 1.80 bits per heavy atom. The summed E-state index contributed by atoms with van der Waals surface area (Å²) in [6.07, 6.45) is 0. The third-order valence-corrected chi connectivity index (χ3v) is 4.70. The molecule has 1 saturated heterocycles. The molecule has 138 valence electrons. The first-order valence-electron chi connectivity index (χ1n) is 8.70. The van der Waals surface area contributed by atoms with Crippen molar-refractivity contribution in [2.75, 3.05) is 39.3 Å². The van der Waals surface area contributed by atoms with Crippen molar-refractivity contribution in [3.63, 3.8) is 0 Å². The van der Waals surface area contributed by atoms with Gasteiger partial charge < -0.3 is 9.80 Å². The summed E-state index contributed by atoms with van der Waals surface area (Å²) in [6, 6.07) is 2.47. The molecule has 1 unspecified atom stereocenters. The van der Waals surface area contributed by atoms with Gasteiger partial charge in [-0.1, -0.05) is 6.92 Å². The zero-order valence-electron chi connectivity index (χ0n) is 15.0. The molecule has 2 amide bonds. The van der Waals surface area contributed by atoms with Crippen LogP contribution in [-0.2, 0) is 4.79 Å². The highest BCUT2D eigenvalue weighted by atomic mass is 19.2. The van der Waals surface area contributed by atoms with Gasteiger partial charge in [-0.25, -0.2) is 8.78 Å². The molecule has 25 heavy (non-hydrogen) atoms. The second kappa shape index (κ2) is 8.38. The Kier molecular flexibility index (Phi) is 6.47. The van der Waals surface area contributed by atoms with Crippen LogP contribution in [0.4, 0.5) is 8.78 Å². The van der Waals surface area contributed by atoms with Crippen molar-refractivity contribution < 1.29 is 18.4 Å². The van der Waals surface area contributed by atoms with Crippen LogP contribution in [0.5, 0.6) is 0 Å². The lowest BCUT2D eigenvalue weighted by atomic mass is 10.1. The fourth-order valence-corrected chi connectivity index (χ4v) is 3.12. The lowest BCUT2D eigenvalue weighted by Crippen LogP contribution is -2.61. The first kappa shape index (κ1) is 19.3. The Hall–Kier alpha value is -2.02. The largest absolute Gasteiger partial charge is 0.341 e. The van der Waals surface area contributed by atoms with Gasteiger partial charge in [0.05, 0.1) is 0 Å². The number of hydrogen-bond donors (Lipinski definition) is 0. The molecule has 1 aromatic carbocycles. The summed E-state index contributed by atoms with van der Waals surface area (Å²) in [5.74, 6) is -2.62. The van der Waals surface area contributed by atoms with Gasteiger partial charge in [-0.2, -0.15) is 0 Å². The van der Waals surface area contributed by atoms with Crippen LogP contribution in [-0.4, -0.2) is 71.8 Å². The third kappa shape index (κ3) is 4.15. The Bertz CT molecular complexity index is 635. The fraction of sp³-hybridized carbons (Fsp3) is 0.556. The molecule has 0 aliphatic carbocycles. The van der Waals surface area contributed by atoms with Crippen molar-refractivity contribution in [2.45, 2.75) is 26.8 Å². The van der Waals surface area contributed by atoms with Crippen LogP contribution in [0.2, 0.25) is 0 Å². The van der Waals surface area contributed by atoms with Gasteiger partial charge in [-0.3, -0.25) is 14.5 Å². The van der Waals surface area contributed by atoms with Gasteiger partial charge in [0.25, 0.3) is 5.91 Å². The third-order valence-electron chi connectivity index (χ3n) is 4.70. The molecule has 5 nitrogen and oxygen atoms in total. The van der Waals surface area contributed by atoms with E-state index in [1.165, 1.54) is 11.0 Å². The standard InChI is InChI=1S/C18H25F2N3O2/c1-4-21-9-10-23(16(12-21)18(25)22(5-2)6-3)17(24)13-7-8-14(19)15(20)11-13/h7-8,11,16H,4-6,9-10,12H2,1-3H3. The monoisotopic (exact) mass is 353 g/mol. The van der Waals surface area contributed by atoms with Crippen molar-refractivity contribution in [1.82, 2.24) is 14.7 Å². The second-order valence-electron chi connectivity index (χ2n) is 6.05. The summed E-state index contributed by atoms with van der Waals surface area (Å²) in [7, 11) is 0. The number of carbonyl (C=O) groups excluding carboxylic acids is 2. The minimum Gasteiger partial charge on any atom is -0.341 e. The molecule has 1 aliphatic heterocycles. The molecular formula is C18H25F2N3O2. The van der Waals surface area contributed by atoms with E-state index in [1.807, 2.05) is 20.8 Å². The van der Waals surface area contributed by atoms with E-state index in [2.05, 4.69) is 4.90 Å².